The number of rotatable bonds is 6. The summed E-state index contributed by atoms with van der Waals surface area (Å²) in [4.78, 5) is 2.51. The minimum Gasteiger partial charge on any atom is -0.406 e. The van der Waals surface area contributed by atoms with Gasteiger partial charge in [-0.2, -0.15) is 0 Å². The number of alkyl halides is 3. The first-order valence-electron chi connectivity index (χ1n) is 9.34. The van der Waals surface area contributed by atoms with Gasteiger partial charge in [0.15, 0.2) is 0 Å². The number of fused-ring (bicyclic) bond motifs is 1. The molecule has 2 nitrogen and oxygen atoms in total. The molecule has 143 valence electrons. The van der Waals surface area contributed by atoms with E-state index in [0.29, 0.717) is 5.92 Å². The smallest absolute Gasteiger partial charge is 0.406 e. The van der Waals surface area contributed by atoms with Gasteiger partial charge in [0, 0.05) is 19.6 Å². The van der Waals surface area contributed by atoms with Gasteiger partial charge in [0.25, 0.3) is 0 Å². The molecule has 1 aliphatic heterocycles. The Balaban J connectivity index is 1.24. The molecule has 2 unspecified atom stereocenters. The summed E-state index contributed by atoms with van der Waals surface area (Å²) in [6.07, 6.45) is -1.69. The molecule has 5 heteroatoms. The number of likely N-dealkylation sites (tertiary alicyclic amines) is 1. The maximum atomic E-state index is 12.3. The van der Waals surface area contributed by atoms with Crippen LogP contribution in [0.4, 0.5) is 13.2 Å². The fourth-order valence-corrected chi connectivity index (χ4v) is 4.39. The van der Waals surface area contributed by atoms with Gasteiger partial charge in [-0.25, -0.2) is 0 Å². The highest BCUT2D eigenvalue weighted by atomic mass is 19.4. The van der Waals surface area contributed by atoms with Crippen LogP contribution in [-0.2, 0) is 6.54 Å². The standard InChI is InChI=1S/C22H23F3NO/c1-15-4-2-6-17(10-15)12-26-13-20-19(21(20)14-26)9-8-16-5-3-7-18(11-16)27-22(23,24)25/h2-8,10-11,19-21H,9,12-14H2,1H3. The molecule has 1 saturated heterocycles. The number of aryl methyl sites for hydroxylation is 1. The van der Waals surface area contributed by atoms with Crippen molar-refractivity contribution in [3.63, 3.8) is 0 Å². The fraction of sp³-hybridized carbons (Fsp3) is 0.409. The van der Waals surface area contributed by atoms with Crippen LogP contribution in [0.15, 0.2) is 48.5 Å². The Morgan fingerprint density at radius 3 is 2.52 bits per heavy atom. The van der Waals surface area contributed by atoms with Gasteiger partial charge >= 0.3 is 6.36 Å². The molecule has 2 aliphatic rings. The van der Waals surface area contributed by atoms with Crippen LogP contribution in [0.5, 0.6) is 5.75 Å². The lowest BCUT2D eigenvalue weighted by molar-refractivity contribution is -0.274. The van der Waals surface area contributed by atoms with Crippen molar-refractivity contribution in [2.75, 3.05) is 13.1 Å². The van der Waals surface area contributed by atoms with Crippen LogP contribution >= 0.6 is 0 Å². The number of hydrogen-bond acceptors (Lipinski definition) is 2. The predicted octanol–water partition coefficient (Wildman–Crippen LogP) is 5.21. The minimum absolute atomic E-state index is 0.156. The number of hydrogen-bond donors (Lipinski definition) is 0. The van der Waals surface area contributed by atoms with Gasteiger partial charge in [-0.1, -0.05) is 42.0 Å². The van der Waals surface area contributed by atoms with Crippen LogP contribution in [0.2, 0.25) is 0 Å². The van der Waals surface area contributed by atoms with E-state index < -0.39 is 6.36 Å². The van der Waals surface area contributed by atoms with Gasteiger partial charge in [-0.15, -0.1) is 13.2 Å². The second-order valence-electron chi connectivity index (χ2n) is 7.73. The normalized spacial score (nSPS) is 24.7. The first-order valence-corrected chi connectivity index (χ1v) is 9.34. The quantitative estimate of drug-likeness (QED) is 0.688. The molecule has 0 bridgehead atoms. The molecule has 0 amide bonds. The van der Waals surface area contributed by atoms with Crippen molar-refractivity contribution in [2.45, 2.75) is 26.3 Å². The zero-order valence-electron chi connectivity index (χ0n) is 15.2. The van der Waals surface area contributed by atoms with E-state index in [1.165, 1.54) is 23.3 Å². The van der Waals surface area contributed by atoms with Crippen molar-refractivity contribution in [1.29, 1.82) is 0 Å². The molecule has 1 heterocycles. The van der Waals surface area contributed by atoms with Crippen molar-refractivity contribution in [3.05, 3.63) is 71.6 Å². The summed E-state index contributed by atoms with van der Waals surface area (Å²) in [7, 11) is 0. The third-order valence-corrected chi connectivity index (χ3v) is 5.65. The van der Waals surface area contributed by atoms with Crippen LogP contribution in [0.1, 0.15) is 23.1 Å². The molecule has 2 atom stereocenters. The Morgan fingerprint density at radius 2 is 1.81 bits per heavy atom. The molecule has 2 fully saturated rings. The summed E-state index contributed by atoms with van der Waals surface area (Å²) in [5.41, 5.74) is 3.44. The van der Waals surface area contributed by atoms with Crippen molar-refractivity contribution < 1.29 is 17.9 Å². The molecule has 1 saturated carbocycles. The Morgan fingerprint density at radius 1 is 1.07 bits per heavy atom. The third kappa shape index (κ3) is 4.64. The van der Waals surface area contributed by atoms with Gasteiger partial charge in [-0.3, -0.25) is 4.90 Å². The van der Waals surface area contributed by atoms with Gasteiger partial charge in [-0.05, 0) is 60.8 Å². The maximum Gasteiger partial charge on any atom is 0.573 e. The van der Waals surface area contributed by atoms with Crippen LogP contribution in [-0.4, -0.2) is 24.4 Å². The summed E-state index contributed by atoms with van der Waals surface area (Å²) in [5, 5.41) is 0. The Bertz CT molecular complexity index is 792. The summed E-state index contributed by atoms with van der Waals surface area (Å²) < 4.78 is 41.0. The molecule has 1 aliphatic carbocycles. The van der Waals surface area contributed by atoms with E-state index in [4.69, 9.17) is 0 Å². The first kappa shape index (κ1) is 18.4. The van der Waals surface area contributed by atoms with Crippen molar-refractivity contribution >= 4 is 0 Å². The average Bonchev–Trinajstić information content (AvgIpc) is 3.03. The summed E-state index contributed by atoms with van der Waals surface area (Å²) in [6, 6.07) is 14.9. The second kappa shape index (κ2) is 7.19. The van der Waals surface area contributed by atoms with E-state index in [9.17, 15) is 13.2 Å². The van der Waals surface area contributed by atoms with Crippen LogP contribution in [0, 0.1) is 31.1 Å². The lowest BCUT2D eigenvalue weighted by Gasteiger charge is -2.19. The topological polar surface area (TPSA) is 12.5 Å². The third-order valence-electron chi connectivity index (χ3n) is 5.65. The van der Waals surface area contributed by atoms with Gasteiger partial charge in [0.2, 0.25) is 0 Å². The van der Waals surface area contributed by atoms with Gasteiger partial charge < -0.3 is 4.74 Å². The van der Waals surface area contributed by atoms with E-state index in [1.807, 2.05) is 12.5 Å². The van der Waals surface area contributed by atoms with Crippen LogP contribution in [0.3, 0.4) is 0 Å². The van der Waals surface area contributed by atoms with E-state index in [0.717, 1.165) is 43.5 Å². The zero-order valence-corrected chi connectivity index (χ0v) is 15.2. The van der Waals surface area contributed by atoms with Gasteiger partial charge in [0.05, 0.1) is 0 Å². The number of benzene rings is 2. The highest BCUT2D eigenvalue weighted by Crippen LogP contribution is 2.54. The number of piperidine rings is 1. The molecular formula is C22H23F3NO. The molecule has 2 aromatic carbocycles. The summed E-state index contributed by atoms with van der Waals surface area (Å²) in [5.74, 6) is 1.95. The first-order chi connectivity index (χ1) is 12.9. The van der Waals surface area contributed by atoms with E-state index in [-0.39, 0.29) is 5.75 Å². The van der Waals surface area contributed by atoms with E-state index in [2.05, 4.69) is 40.8 Å². The minimum atomic E-state index is -4.65. The summed E-state index contributed by atoms with van der Waals surface area (Å²) in [6.45, 7) is 5.36. The van der Waals surface area contributed by atoms with Gasteiger partial charge in [0.1, 0.15) is 5.75 Å². The van der Waals surface area contributed by atoms with Crippen molar-refractivity contribution in [2.24, 2.45) is 17.8 Å². The number of nitrogens with zero attached hydrogens (tertiary/aromatic N) is 1. The Kier molecular flexibility index (Phi) is 4.89. The average molecular weight is 374 g/mol. The fourth-order valence-electron chi connectivity index (χ4n) is 4.39. The highest BCUT2D eigenvalue weighted by molar-refractivity contribution is 5.33. The lowest BCUT2D eigenvalue weighted by atomic mass is 10.0. The number of ether oxygens (including phenoxy) is 1. The molecule has 0 N–H and O–H groups in total. The molecule has 4 rings (SSSR count). The molecule has 0 spiro atoms. The monoisotopic (exact) mass is 374 g/mol. The number of halogens is 3. The Hall–Kier alpha value is -2.01. The zero-order chi connectivity index (χ0) is 19.0. The van der Waals surface area contributed by atoms with Crippen molar-refractivity contribution in [3.8, 4) is 5.75 Å². The van der Waals surface area contributed by atoms with Crippen LogP contribution in [0.25, 0.3) is 0 Å². The molecule has 27 heavy (non-hydrogen) atoms. The predicted molar refractivity (Wildman–Crippen MR) is 98.1 cm³/mol. The van der Waals surface area contributed by atoms with E-state index >= 15 is 0 Å². The van der Waals surface area contributed by atoms with E-state index in [1.54, 1.807) is 6.07 Å². The molecular weight excluding hydrogens is 351 g/mol. The summed E-state index contributed by atoms with van der Waals surface area (Å²) >= 11 is 0. The Labute approximate surface area is 157 Å². The molecule has 1 radical (unpaired) electrons. The van der Waals surface area contributed by atoms with Crippen molar-refractivity contribution in [1.82, 2.24) is 4.90 Å². The maximum absolute atomic E-state index is 12.3. The highest BCUT2D eigenvalue weighted by Gasteiger charge is 2.54. The molecule has 2 aromatic rings. The van der Waals surface area contributed by atoms with Crippen LogP contribution < -0.4 is 4.74 Å². The SMILES string of the molecule is Cc1cccc(CN2CC3C(C[CH]c4cccc(OC(F)(F)F)c4)C3C2)c1. The largest absolute Gasteiger partial charge is 0.573 e. The molecule has 0 aromatic heterocycles. The lowest BCUT2D eigenvalue weighted by Crippen LogP contribution is -2.24. The second-order valence-corrected chi connectivity index (χ2v) is 7.73.